The van der Waals surface area contributed by atoms with Crippen LogP contribution in [0.2, 0.25) is 0 Å². The number of hydrogen-bond donors (Lipinski definition) is 1. The molecule has 1 aromatic heterocycles. The topological polar surface area (TPSA) is 36.1 Å². The lowest BCUT2D eigenvalue weighted by molar-refractivity contribution is 0.401. The Morgan fingerprint density at radius 2 is 1.94 bits per heavy atom. The minimum Gasteiger partial charge on any atom is -0.321 e. The second-order valence-corrected chi connectivity index (χ2v) is 4.83. The maximum atomic E-state index is 11.9. The minimum atomic E-state index is 0.0138. The average Bonchev–Trinajstić information content (AvgIpc) is 2.25. The van der Waals surface area contributed by atoms with Crippen LogP contribution in [0.15, 0.2) is 23.0 Å². The number of nitrogens with one attached hydrogen (secondary N) is 1. The summed E-state index contributed by atoms with van der Waals surface area (Å²) < 4.78 is 0. The Bertz CT molecular complexity index is 611. The third-order valence-corrected chi connectivity index (χ3v) is 3.11. The van der Waals surface area contributed by atoms with Crippen LogP contribution in [0, 0.1) is 13.8 Å². The van der Waals surface area contributed by atoms with Gasteiger partial charge in [-0.3, -0.25) is 4.79 Å². The quantitative estimate of drug-likeness (QED) is 0.858. The number of pyridine rings is 1. The summed E-state index contributed by atoms with van der Waals surface area (Å²) >= 11 is 0. The number of aryl methyl sites for hydroxylation is 2. The highest BCUT2D eigenvalue weighted by Crippen LogP contribution is 2.18. The van der Waals surface area contributed by atoms with Crippen LogP contribution in [0.1, 0.15) is 16.7 Å². The van der Waals surface area contributed by atoms with E-state index in [1.807, 2.05) is 32.0 Å². The Kier molecular flexibility index (Phi) is 3.03. The van der Waals surface area contributed by atoms with E-state index in [0.717, 1.165) is 22.0 Å². The number of rotatable bonds is 2. The van der Waals surface area contributed by atoms with Crippen molar-refractivity contribution in [3.8, 4) is 0 Å². The standard InChI is InChI=1S/C14H18N2O/c1-9-5-6-11-7-12(8-16(3)4)14(17)15-13(11)10(9)2/h5-7H,8H2,1-4H3,(H,15,17). The van der Waals surface area contributed by atoms with Crippen LogP contribution < -0.4 is 5.56 Å². The van der Waals surface area contributed by atoms with Crippen molar-refractivity contribution in [1.29, 1.82) is 0 Å². The van der Waals surface area contributed by atoms with Gasteiger partial charge in [0.05, 0.1) is 5.52 Å². The van der Waals surface area contributed by atoms with Crippen LogP contribution in [0.3, 0.4) is 0 Å². The molecule has 3 heteroatoms. The zero-order chi connectivity index (χ0) is 12.6. The SMILES string of the molecule is Cc1ccc2cc(CN(C)C)c(=O)[nH]c2c1C. The summed E-state index contributed by atoms with van der Waals surface area (Å²) in [5.74, 6) is 0. The average molecular weight is 230 g/mol. The number of aromatic nitrogens is 1. The lowest BCUT2D eigenvalue weighted by atomic mass is 10.0. The van der Waals surface area contributed by atoms with Gasteiger partial charge in [0.2, 0.25) is 0 Å². The molecule has 0 fully saturated rings. The third-order valence-electron chi connectivity index (χ3n) is 3.11. The lowest BCUT2D eigenvalue weighted by Gasteiger charge is -2.11. The molecule has 0 aliphatic rings. The van der Waals surface area contributed by atoms with E-state index in [-0.39, 0.29) is 5.56 Å². The van der Waals surface area contributed by atoms with Crippen LogP contribution in [-0.2, 0) is 6.54 Å². The molecular formula is C14H18N2O. The summed E-state index contributed by atoms with van der Waals surface area (Å²) in [5, 5.41) is 1.10. The molecular weight excluding hydrogens is 212 g/mol. The number of fused-ring (bicyclic) bond motifs is 1. The first-order valence-corrected chi connectivity index (χ1v) is 5.76. The van der Waals surface area contributed by atoms with Crippen molar-refractivity contribution >= 4 is 10.9 Å². The van der Waals surface area contributed by atoms with E-state index in [1.165, 1.54) is 5.56 Å². The van der Waals surface area contributed by atoms with Crippen LogP contribution in [0.25, 0.3) is 10.9 Å². The van der Waals surface area contributed by atoms with Gasteiger partial charge < -0.3 is 9.88 Å². The predicted molar refractivity (Wildman–Crippen MR) is 71.4 cm³/mol. The molecule has 0 atom stereocenters. The highest BCUT2D eigenvalue weighted by molar-refractivity contribution is 5.83. The first kappa shape index (κ1) is 11.9. The van der Waals surface area contributed by atoms with E-state index in [9.17, 15) is 4.79 Å². The fraction of sp³-hybridized carbons (Fsp3) is 0.357. The third kappa shape index (κ3) is 2.24. The van der Waals surface area contributed by atoms with E-state index < -0.39 is 0 Å². The normalized spacial score (nSPS) is 11.4. The first-order valence-electron chi connectivity index (χ1n) is 5.76. The van der Waals surface area contributed by atoms with Gasteiger partial charge in [0.25, 0.3) is 5.56 Å². The van der Waals surface area contributed by atoms with Crippen LogP contribution in [0.4, 0.5) is 0 Å². The van der Waals surface area contributed by atoms with Gasteiger partial charge in [0.15, 0.2) is 0 Å². The summed E-state index contributed by atoms with van der Waals surface area (Å²) in [7, 11) is 3.92. The minimum absolute atomic E-state index is 0.0138. The van der Waals surface area contributed by atoms with Crippen molar-refractivity contribution in [3.05, 3.63) is 45.2 Å². The smallest absolute Gasteiger partial charge is 0.252 e. The second kappa shape index (κ2) is 4.34. The lowest BCUT2D eigenvalue weighted by Crippen LogP contribution is -2.20. The van der Waals surface area contributed by atoms with E-state index in [0.29, 0.717) is 6.54 Å². The van der Waals surface area contributed by atoms with Crippen molar-refractivity contribution < 1.29 is 0 Å². The van der Waals surface area contributed by atoms with Crippen LogP contribution >= 0.6 is 0 Å². The van der Waals surface area contributed by atoms with Gasteiger partial charge in [0, 0.05) is 12.1 Å². The van der Waals surface area contributed by atoms with Crippen LogP contribution in [-0.4, -0.2) is 24.0 Å². The Morgan fingerprint density at radius 1 is 1.24 bits per heavy atom. The zero-order valence-electron chi connectivity index (χ0n) is 10.8. The molecule has 0 saturated heterocycles. The van der Waals surface area contributed by atoms with Crippen LogP contribution in [0.5, 0.6) is 0 Å². The predicted octanol–water partition coefficient (Wildman–Crippen LogP) is 2.21. The highest BCUT2D eigenvalue weighted by atomic mass is 16.1. The number of hydrogen-bond acceptors (Lipinski definition) is 2. The molecule has 1 heterocycles. The van der Waals surface area contributed by atoms with E-state index in [1.54, 1.807) is 0 Å². The maximum Gasteiger partial charge on any atom is 0.252 e. The Hall–Kier alpha value is -1.61. The fourth-order valence-corrected chi connectivity index (χ4v) is 2.03. The molecule has 0 saturated carbocycles. The van der Waals surface area contributed by atoms with Gasteiger partial charge in [-0.15, -0.1) is 0 Å². The second-order valence-electron chi connectivity index (χ2n) is 4.83. The van der Waals surface area contributed by atoms with Gasteiger partial charge in [-0.1, -0.05) is 12.1 Å². The van der Waals surface area contributed by atoms with Crippen molar-refractivity contribution in [1.82, 2.24) is 9.88 Å². The number of benzene rings is 1. The summed E-state index contributed by atoms with van der Waals surface area (Å²) in [6.45, 7) is 4.76. The molecule has 0 radical (unpaired) electrons. The van der Waals surface area contributed by atoms with E-state index in [2.05, 4.69) is 24.0 Å². The fourth-order valence-electron chi connectivity index (χ4n) is 2.03. The monoisotopic (exact) mass is 230 g/mol. The molecule has 3 nitrogen and oxygen atoms in total. The number of H-pyrrole nitrogens is 1. The molecule has 0 unspecified atom stereocenters. The Morgan fingerprint density at radius 3 is 2.59 bits per heavy atom. The highest BCUT2D eigenvalue weighted by Gasteiger charge is 2.06. The van der Waals surface area contributed by atoms with Gasteiger partial charge in [-0.05, 0) is 50.5 Å². The summed E-state index contributed by atoms with van der Waals surface area (Å²) in [4.78, 5) is 16.9. The molecule has 2 rings (SSSR count). The van der Waals surface area contributed by atoms with Crippen molar-refractivity contribution in [3.63, 3.8) is 0 Å². The number of nitrogens with zero attached hydrogens (tertiary/aromatic N) is 1. The Balaban J connectivity index is 2.67. The summed E-state index contributed by atoms with van der Waals surface area (Å²) in [6, 6.07) is 6.14. The van der Waals surface area contributed by atoms with E-state index >= 15 is 0 Å². The Labute approximate surface area is 101 Å². The van der Waals surface area contributed by atoms with Crippen molar-refractivity contribution in [2.45, 2.75) is 20.4 Å². The zero-order valence-corrected chi connectivity index (χ0v) is 10.8. The molecule has 1 N–H and O–H groups in total. The van der Waals surface area contributed by atoms with Crippen molar-refractivity contribution in [2.75, 3.05) is 14.1 Å². The number of aromatic amines is 1. The summed E-state index contributed by atoms with van der Waals surface area (Å²) in [5.41, 5.74) is 4.13. The van der Waals surface area contributed by atoms with Gasteiger partial charge in [0.1, 0.15) is 0 Å². The molecule has 0 aliphatic carbocycles. The van der Waals surface area contributed by atoms with Gasteiger partial charge in [-0.25, -0.2) is 0 Å². The first-order chi connectivity index (χ1) is 7.99. The van der Waals surface area contributed by atoms with Crippen molar-refractivity contribution in [2.24, 2.45) is 0 Å². The van der Waals surface area contributed by atoms with E-state index in [4.69, 9.17) is 0 Å². The molecule has 0 spiro atoms. The molecule has 0 amide bonds. The summed E-state index contributed by atoms with van der Waals surface area (Å²) in [6.07, 6.45) is 0. The molecule has 2 aromatic rings. The van der Waals surface area contributed by atoms with Gasteiger partial charge >= 0.3 is 0 Å². The largest absolute Gasteiger partial charge is 0.321 e. The molecule has 1 aromatic carbocycles. The molecule has 0 aliphatic heterocycles. The van der Waals surface area contributed by atoms with Gasteiger partial charge in [-0.2, -0.15) is 0 Å². The molecule has 90 valence electrons. The molecule has 0 bridgehead atoms. The maximum absolute atomic E-state index is 11.9. The molecule has 17 heavy (non-hydrogen) atoms.